The van der Waals surface area contributed by atoms with E-state index >= 15 is 0 Å². The molecular formula is C7H7FNO2+. The van der Waals surface area contributed by atoms with Crippen LogP contribution in [0.3, 0.4) is 0 Å². The Hall–Kier alpha value is -1.45. The molecule has 0 fully saturated rings. The second kappa shape index (κ2) is 3.09. The summed E-state index contributed by atoms with van der Waals surface area (Å²) in [5.41, 5.74) is -0.116. The van der Waals surface area contributed by atoms with Crippen molar-refractivity contribution >= 4 is 5.97 Å². The van der Waals surface area contributed by atoms with E-state index in [1.165, 1.54) is 19.2 Å². The summed E-state index contributed by atoms with van der Waals surface area (Å²) < 4.78 is 17.0. The van der Waals surface area contributed by atoms with Crippen LogP contribution in [0, 0.1) is 0 Å². The summed E-state index contributed by atoms with van der Waals surface area (Å²) in [6.45, 7) is 0. The van der Waals surface area contributed by atoms with Crippen LogP contribution >= 0.6 is 0 Å². The molecule has 0 saturated heterocycles. The van der Waals surface area contributed by atoms with Crippen LogP contribution in [0.2, 0.25) is 0 Å². The third-order valence-corrected chi connectivity index (χ3v) is 1.21. The number of carbonyl (C=O) groups is 1. The number of hydrogen-bond donors (Lipinski definition) is 0. The summed E-state index contributed by atoms with van der Waals surface area (Å²) in [4.78, 5) is 11.0. The average Bonchev–Trinajstić information content (AvgIpc) is 2.04. The van der Waals surface area contributed by atoms with Gasteiger partial charge in [-0.1, -0.05) is 0 Å². The zero-order valence-electron chi connectivity index (χ0n) is 5.95. The minimum Gasteiger partial charge on any atom is -0.461 e. The minimum absolute atomic E-state index is 0.116. The molecule has 0 aliphatic rings. The van der Waals surface area contributed by atoms with Crippen LogP contribution in [-0.2, 0) is 4.74 Å². The number of rotatable bonds is 1. The molecule has 0 atom stereocenters. The molecule has 0 aliphatic heterocycles. The second-order valence-corrected chi connectivity index (χ2v) is 1.89. The number of carbonyl (C=O) groups excluding carboxylic acids is 1. The van der Waals surface area contributed by atoms with Gasteiger partial charge in [-0.15, -0.1) is 0 Å². The average molecular weight is 156 g/mol. The molecule has 4 heteroatoms. The zero-order valence-corrected chi connectivity index (χ0v) is 5.95. The molecule has 0 radical (unpaired) electrons. The van der Waals surface area contributed by atoms with Gasteiger partial charge in [-0.05, 0) is 6.07 Å². The van der Waals surface area contributed by atoms with Crippen molar-refractivity contribution < 1.29 is 18.8 Å². The molecule has 1 aromatic rings. The summed E-state index contributed by atoms with van der Waals surface area (Å²) >= 11 is 0. The highest BCUT2D eigenvalue weighted by atomic mass is 19.2. The van der Waals surface area contributed by atoms with Gasteiger partial charge in [-0.3, -0.25) is 0 Å². The van der Waals surface area contributed by atoms with Crippen molar-refractivity contribution in [3.05, 3.63) is 30.1 Å². The van der Waals surface area contributed by atoms with E-state index in [1.807, 2.05) is 0 Å². The Bertz CT molecular complexity index is 275. The van der Waals surface area contributed by atoms with Crippen molar-refractivity contribution in [2.45, 2.75) is 0 Å². The first-order valence-electron chi connectivity index (χ1n) is 3.01. The molecule has 0 amide bonds. The Morgan fingerprint density at radius 2 is 2.36 bits per heavy atom. The van der Waals surface area contributed by atoms with Gasteiger partial charge in [0.25, 0.3) is 0 Å². The standard InChI is InChI=1S/C7H7FNO2/c1-11-7(10)6-4-2-3-5-9(6)8/h2-5H,1H3/q+1. The number of hydrogen-bond acceptors (Lipinski definition) is 2. The van der Waals surface area contributed by atoms with E-state index in [1.54, 1.807) is 6.07 Å². The molecule has 11 heavy (non-hydrogen) atoms. The molecule has 0 aliphatic carbocycles. The van der Waals surface area contributed by atoms with Gasteiger partial charge < -0.3 is 4.74 Å². The quantitative estimate of drug-likeness (QED) is 0.554. The molecule has 0 bridgehead atoms. The Kier molecular flexibility index (Phi) is 2.15. The van der Waals surface area contributed by atoms with E-state index in [4.69, 9.17) is 0 Å². The molecular weight excluding hydrogens is 149 g/mol. The maximum absolute atomic E-state index is 12.6. The van der Waals surface area contributed by atoms with Gasteiger partial charge in [0.2, 0.25) is 6.20 Å². The Morgan fingerprint density at radius 3 is 2.91 bits per heavy atom. The van der Waals surface area contributed by atoms with Gasteiger partial charge in [0.15, 0.2) is 0 Å². The third-order valence-electron chi connectivity index (χ3n) is 1.21. The molecule has 3 nitrogen and oxygen atoms in total. The molecule has 0 aromatic carbocycles. The topological polar surface area (TPSA) is 30.2 Å². The fourth-order valence-electron chi connectivity index (χ4n) is 0.683. The summed E-state index contributed by atoms with van der Waals surface area (Å²) in [5, 5.41) is 0. The van der Waals surface area contributed by atoms with Crippen LogP contribution in [0.4, 0.5) is 4.48 Å². The highest BCUT2D eigenvalue weighted by Crippen LogP contribution is 1.93. The maximum atomic E-state index is 12.6. The van der Waals surface area contributed by atoms with E-state index in [0.29, 0.717) is 0 Å². The van der Waals surface area contributed by atoms with Crippen LogP contribution in [0.5, 0.6) is 0 Å². The number of pyridine rings is 1. The van der Waals surface area contributed by atoms with Crippen molar-refractivity contribution in [1.82, 2.24) is 0 Å². The number of halogens is 1. The summed E-state index contributed by atoms with van der Waals surface area (Å²) in [6, 6.07) is 4.38. The van der Waals surface area contributed by atoms with E-state index in [2.05, 4.69) is 4.74 Å². The first-order valence-corrected chi connectivity index (χ1v) is 3.01. The van der Waals surface area contributed by atoms with E-state index < -0.39 is 5.97 Å². The van der Waals surface area contributed by atoms with Gasteiger partial charge in [0.05, 0.1) is 11.6 Å². The van der Waals surface area contributed by atoms with E-state index in [9.17, 15) is 9.28 Å². The molecule has 58 valence electrons. The van der Waals surface area contributed by atoms with Crippen LogP contribution in [-0.4, -0.2) is 13.1 Å². The Balaban J connectivity index is 3.03. The first-order chi connectivity index (χ1) is 5.25. The lowest BCUT2D eigenvalue weighted by molar-refractivity contribution is -0.845. The second-order valence-electron chi connectivity index (χ2n) is 1.89. The predicted octanol–water partition coefficient (Wildman–Crippen LogP) is 0.493. The van der Waals surface area contributed by atoms with Crippen molar-refractivity contribution in [2.75, 3.05) is 7.11 Å². The van der Waals surface area contributed by atoms with Crippen LogP contribution in [0.1, 0.15) is 10.5 Å². The largest absolute Gasteiger partial charge is 0.461 e. The highest BCUT2D eigenvalue weighted by molar-refractivity contribution is 5.85. The van der Waals surface area contributed by atoms with Crippen LogP contribution in [0.15, 0.2) is 24.4 Å². The monoisotopic (exact) mass is 156 g/mol. The van der Waals surface area contributed by atoms with Crippen LogP contribution < -0.4 is 4.79 Å². The fraction of sp³-hybridized carbons (Fsp3) is 0.143. The summed E-state index contributed by atoms with van der Waals surface area (Å²) in [6.07, 6.45) is 1.13. The molecule has 0 spiro atoms. The van der Waals surface area contributed by atoms with Crippen molar-refractivity contribution in [3.63, 3.8) is 0 Å². The third kappa shape index (κ3) is 1.52. The Labute approximate surface area is 63.0 Å². The lowest BCUT2D eigenvalue weighted by atomic mass is 10.3. The van der Waals surface area contributed by atoms with Gasteiger partial charge in [-0.25, -0.2) is 4.79 Å². The van der Waals surface area contributed by atoms with Crippen LogP contribution in [0.25, 0.3) is 0 Å². The van der Waals surface area contributed by atoms with Gasteiger partial charge >= 0.3 is 11.7 Å². The number of aromatic nitrogens is 1. The molecule has 0 N–H and O–H groups in total. The molecule has 0 unspecified atom stereocenters. The summed E-state index contributed by atoms with van der Waals surface area (Å²) in [7, 11) is 1.20. The smallest absolute Gasteiger partial charge is 0.407 e. The van der Waals surface area contributed by atoms with E-state index in [-0.39, 0.29) is 10.5 Å². The number of nitrogens with zero attached hydrogens (tertiary/aromatic N) is 1. The van der Waals surface area contributed by atoms with Gasteiger partial charge in [0, 0.05) is 16.9 Å². The lowest BCUT2D eigenvalue weighted by Gasteiger charge is -1.90. The lowest BCUT2D eigenvalue weighted by Crippen LogP contribution is -2.31. The minimum atomic E-state index is -0.687. The van der Waals surface area contributed by atoms with Crippen molar-refractivity contribution in [1.29, 1.82) is 0 Å². The zero-order chi connectivity index (χ0) is 8.27. The molecule has 1 rings (SSSR count). The molecule has 1 heterocycles. The molecule has 1 aromatic heterocycles. The first kappa shape index (κ1) is 7.65. The number of esters is 1. The maximum Gasteiger partial charge on any atom is 0.407 e. The van der Waals surface area contributed by atoms with E-state index in [0.717, 1.165) is 6.20 Å². The fourth-order valence-corrected chi connectivity index (χ4v) is 0.683. The Morgan fingerprint density at radius 1 is 1.64 bits per heavy atom. The summed E-state index contributed by atoms with van der Waals surface area (Å²) in [5.74, 6) is -0.687. The molecule has 0 saturated carbocycles. The van der Waals surface area contributed by atoms with Gasteiger partial charge in [0.1, 0.15) is 0 Å². The van der Waals surface area contributed by atoms with Crippen molar-refractivity contribution in [3.8, 4) is 0 Å². The van der Waals surface area contributed by atoms with Crippen molar-refractivity contribution in [2.24, 2.45) is 0 Å². The normalized spacial score (nSPS) is 9.27. The predicted molar refractivity (Wildman–Crippen MR) is 34.5 cm³/mol. The SMILES string of the molecule is COC(=O)c1cccc[n+]1F. The number of methoxy groups -OCH3 is 1. The number of ether oxygens (including phenoxy) is 1. The highest BCUT2D eigenvalue weighted by Gasteiger charge is 2.19. The van der Waals surface area contributed by atoms with Gasteiger partial charge in [-0.2, -0.15) is 0 Å².